The summed E-state index contributed by atoms with van der Waals surface area (Å²) in [6.45, 7) is 5.60. The highest BCUT2D eigenvalue weighted by atomic mass is 16.5. The van der Waals surface area contributed by atoms with Gasteiger partial charge in [0.05, 0.1) is 11.7 Å². The fourth-order valence-electron chi connectivity index (χ4n) is 3.49. The third kappa shape index (κ3) is 2.78. The third-order valence-electron chi connectivity index (χ3n) is 4.47. The number of ether oxygens (including phenoxy) is 1. The molecule has 112 valence electrons. The number of carbonyl (C=O) groups is 2. The summed E-state index contributed by atoms with van der Waals surface area (Å²) in [5.41, 5.74) is 2.02. The molecule has 3 rings (SSSR count). The van der Waals surface area contributed by atoms with Gasteiger partial charge in [0.25, 0.3) is 0 Å². The van der Waals surface area contributed by atoms with Crippen LogP contribution in [0.15, 0.2) is 24.3 Å². The van der Waals surface area contributed by atoms with Gasteiger partial charge in [-0.05, 0) is 37.8 Å². The predicted octanol–water partition coefficient (Wildman–Crippen LogP) is 2.27. The van der Waals surface area contributed by atoms with Gasteiger partial charge in [-0.25, -0.2) is 0 Å². The lowest BCUT2D eigenvalue weighted by atomic mass is 10.0. The Kier molecular flexibility index (Phi) is 3.68. The van der Waals surface area contributed by atoms with Crippen molar-refractivity contribution in [2.75, 3.05) is 6.54 Å². The highest BCUT2D eigenvalue weighted by Crippen LogP contribution is 2.36. The number of rotatable bonds is 4. The molecule has 2 atom stereocenters. The van der Waals surface area contributed by atoms with Crippen molar-refractivity contribution in [1.29, 1.82) is 0 Å². The second kappa shape index (κ2) is 5.35. The van der Waals surface area contributed by atoms with Crippen molar-refractivity contribution in [3.05, 3.63) is 35.4 Å². The van der Waals surface area contributed by atoms with Gasteiger partial charge < -0.3 is 4.74 Å². The molecule has 0 saturated carbocycles. The number of aldehydes is 1. The van der Waals surface area contributed by atoms with Gasteiger partial charge in [0.2, 0.25) is 5.78 Å². The zero-order valence-electron chi connectivity index (χ0n) is 12.5. The number of hydrogen-bond donors (Lipinski definition) is 0. The molecule has 2 aliphatic rings. The van der Waals surface area contributed by atoms with Crippen LogP contribution in [0.1, 0.15) is 43.9 Å². The van der Waals surface area contributed by atoms with Crippen LogP contribution in [-0.2, 0) is 20.9 Å². The Morgan fingerprint density at radius 3 is 2.86 bits per heavy atom. The molecule has 0 spiro atoms. The van der Waals surface area contributed by atoms with Crippen molar-refractivity contribution in [3.8, 4) is 0 Å². The topological polar surface area (TPSA) is 46.6 Å². The fraction of sp³-hybridized carbons (Fsp3) is 0.529. The molecule has 4 heteroatoms. The van der Waals surface area contributed by atoms with E-state index in [1.54, 1.807) is 0 Å². The van der Waals surface area contributed by atoms with Gasteiger partial charge in [-0.2, -0.15) is 0 Å². The first-order valence-electron chi connectivity index (χ1n) is 7.49. The van der Waals surface area contributed by atoms with Crippen molar-refractivity contribution in [3.63, 3.8) is 0 Å². The Labute approximate surface area is 125 Å². The van der Waals surface area contributed by atoms with Crippen LogP contribution in [0.2, 0.25) is 0 Å². The molecule has 0 aromatic heterocycles. The van der Waals surface area contributed by atoms with Gasteiger partial charge in [-0.15, -0.1) is 0 Å². The molecule has 2 unspecified atom stereocenters. The molecule has 4 nitrogen and oxygen atoms in total. The summed E-state index contributed by atoms with van der Waals surface area (Å²) in [7, 11) is 0. The molecule has 1 aromatic carbocycles. The van der Waals surface area contributed by atoms with Gasteiger partial charge in [0.1, 0.15) is 6.04 Å². The molecular formula is C17H21NO3. The summed E-state index contributed by atoms with van der Waals surface area (Å²) in [6, 6.07) is 7.43. The minimum atomic E-state index is -0.439. The third-order valence-corrected chi connectivity index (χ3v) is 4.47. The Morgan fingerprint density at radius 2 is 2.19 bits per heavy atom. The van der Waals surface area contributed by atoms with Crippen molar-refractivity contribution in [1.82, 2.24) is 4.90 Å². The van der Waals surface area contributed by atoms with E-state index in [-0.39, 0.29) is 17.5 Å². The van der Waals surface area contributed by atoms with E-state index >= 15 is 0 Å². The van der Waals surface area contributed by atoms with E-state index in [1.807, 2.05) is 24.3 Å². The van der Waals surface area contributed by atoms with E-state index in [0.29, 0.717) is 19.4 Å². The van der Waals surface area contributed by atoms with Crippen molar-refractivity contribution < 1.29 is 14.3 Å². The number of nitrogens with zero attached hydrogens (tertiary/aromatic N) is 1. The first kappa shape index (κ1) is 14.4. The lowest BCUT2D eigenvalue weighted by Crippen LogP contribution is -2.36. The molecular weight excluding hydrogens is 266 g/mol. The van der Waals surface area contributed by atoms with Crippen molar-refractivity contribution >= 4 is 12.1 Å². The maximum Gasteiger partial charge on any atom is 0.216 e. The van der Waals surface area contributed by atoms with E-state index < -0.39 is 6.04 Å². The minimum absolute atomic E-state index is 0.0819. The summed E-state index contributed by atoms with van der Waals surface area (Å²) in [5.74, 6) is -0.364. The van der Waals surface area contributed by atoms with Crippen molar-refractivity contribution in [2.45, 2.75) is 51.0 Å². The quantitative estimate of drug-likeness (QED) is 0.629. The smallest absolute Gasteiger partial charge is 0.216 e. The molecule has 1 fully saturated rings. The van der Waals surface area contributed by atoms with Crippen molar-refractivity contribution in [2.24, 2.45) is 0 Å². The van der Waals surface area contributed by atoms with Crippen LogP contribution in [0.5, 0.6) is 0 Å². The monoisotopic (exact) mass is 287 g/mol. The van der Waals surface area contributed by atoms with E-state index in [9.17, 15) is 9.59 Å². The Morgan fingerprint density at radius 1 is 1.43 bits per heavy atom. The van der Waals surface area contributed by atoms with Gasteiger partial charge in [-0.3, -0.25) is 14.5 Å². The average molecular weight is 287 g/mol. The van der Waals surface area contributed by atoms with Crippen LogP contribution in [0.3, 0.4) is 0 Å². The standard InChI is InChI=1S/C17H21NO3/c1-17(2)8-7-13(21-17)10-18-9-12-5-3-4-6-14(12)16(18)15(20)11-19/h3-6,11,13,16H,7-10H2,1-2H3. The molecule has 2 aliphatic heterocycles. The van der Waals surface area contributed by atoms with E-state index in [2.05, 4.69) is 18.7 Å². The van der Waals surface area contributed by atoms with Gasteiger partial charge in [-0.1, -0.05) is 24.3 Å². The lowest BCUT2D eigenvalue weighted by molar-refractivity contribution is -0.134. The Bertz CT molecular complexity index is 567. The van der Waals surface area contributed by atoms with Crippen LogP contribution >= 0.6 is 0 Å². The number of fused-ring (bicyclic) bond motifs is 1. The molecule has 0 radical (unpaired) electrons. The summed E-state index contributed by atoms with van der Waals surface area (Å²) in [4.78, 5) is 25.1. The Hall–Kier alpha value is -1.52. The summed E-state index contributed by atoms with van der Waals surface area (Å²) < 4.78 is 6.03. The zero-order valence-corrected chi connectivity index (χ0v) is 12.5. The van der Waals surface area contributed by atoms with Gasteiger partial charge in [0.15, 0.2) is 6.29 Å². The molecule has 0 aliphatic carbocycles. The summed E-state index contributed by atoms with van der Waals surface area (Å²) in [6.07, 6.45) is 2.61. The molecule has 2 heterocycles. The van der Waals surface area contributed by atoms with Crippen LogP contribution in [0, 0.1) is 0 Å². The summed E-state index contributed by atoms with van der Waals surface area (Å²) in [5, 5.41) is 0. The Balaban J connectivity index is 1.79. The van der Waals surface area contributed by atoms with Crippen LogP contribution in [0.4, 0.5) is 0 Å². The van der Waals surface area contributed by atoms with Crippen LogP contribution in [0.25, 0.3) is 0 Å². The highest BCUT2D eigenvalue weighted by Gasteiger charge is 2.39. The number of ketones is 1. The summed E-state index contributed by atoms with van der Waals surface area (Å²) >= 11 is 0. The maximum atomic E-state index is 12.0. The molecule has 0 N–H and O–H groups in total. The molecule has 1 aromatic rings. The molecule has 21 heavy (non-hydrogen) atoms. The normalized spacial score (nSPS) is 27.5. The van der Waals surface area contributed by atoms with Gasteiger partial charge in [0, 0.05) is 13.1 Å². The predicted molar refractivity (Wildman–Crippen MR) is 78.9 cm³/mol. The lowest BCUT2D eigenvalue weighted by Gasteiger charge is -2.27. The van der Waals surface area contributed by atoms with Gasteiger partial charge >= 0.3 is 0 Å². The SMILES string of the molecule is CC1(C)CCC(CN2Cc3ccccc3C2C(=O)C=O)O1. The van der Waals surface area contributed by atoms with Crippen LogP contribution < -0.4 is 0 Å². The number of carbonyl (C=O) groups excluding carboxylic acids is 2. The highest BCUT2D eigenvalue weighted by molar-refractivity contribution is 6.27. The number of Topliss-reactive ketones (excluding diaryl/α,β-unsaturated/α-hetero) is 1. The van der Waals surface area contributed by atoms with E-state index in [1.165, 1.54) is 0 Å². The fourth-order valence-corrected chi connectivity index (χ4v) is 3.49. The molecule has 1 saturated heterocycles. The first-order valence-corrected chi connectivity index (χ1v) is 7.49. The minimum Gasteiger partial charge on any atom is -0.371 e. The van der Waals surface area contributed by atoms with E-state index in [4.69, 9.17) is 4.74 Å². The van der Waals surface area contributed by atoms with Crippen LogP contribution in [-0.4, -0.2) is 35.2 Å². The zero-order chi connectivity index (χ0) is 15.0. The first-order chi connectivity index (χ1) is 10.00. The van der Waals surface area contributed by atoms with E-state index in [0.717, 1.165) is 24.0 Å². The number of benzene rings is 1. The largest absolute Gasteiger partial charge is 0.371 e. The number of hydrogen-bond acceptors (Lipinski definition) is 4. The molecule has 0 amide bonds. The molecule has 0 bridgehead atoms. The second-order valence-electron chi connectivity index (χ2n) is 6.59. The maximum absolute atomic E-state index is 12.0. The second-order valence-corrected chi connectivity index (χ2v) is 6.59. The average Bonchev–Trinajstić information content (AvgIpc) is 2.98.